The van der Waals surface area contributed by atoms with Gasteiger partial charge in [-0.25, -0.2) is 4.98 Å². The van der Waals surface area contributed by atoms with E-state index in [0.717, 1.165) is 0 Å². The topological polar surface area (TPSA) is 72.6 Å². The van der Waals surface area contributed by atoms with E-state index in [2.05, 4.69) is 15.2 Å². The summed E-state index contributed by atoms with van der Waals surface area (Å²) in [6.45, 7) is 2.32. The molecule has 0 saturated heterocycles. The monoisotopic (exact) mass is 249 g/mol. The molecule has 2 heterocycles. The van der Waals surface area contributed by atoms with E-state index in [9.17, 15) is 4.79 Å². The van der Waals surface area contributed by atoms with E-state index < -0.39 is 0 Å². The van der Waals surface area contributed by atoms with Crippen LogP contribution in [0.5, 0.6) is 0 Å². The Hall–Kier alpha value is -2.18. The van der Waals surface area contributed by atoms with E-state index in [1.165, 1.54) is 7.11 Å². The highest BCUT2D eigenvalue weighted by Crippen LogP contribution is 2.15. The summed E-state index contributed by atoms with van der Waals surface area (Å²) >= 11 is 0. The van der Waals surface area contributed by atoms with Crippen molar-refractivity contribution in [2.24, 2.45) is 5.92 Å². The molecule has 0 aliphatic rings. The number of aromatic nitrogens is 4. The van der Waals surface area contributed by atoms with Gasteiger partial charge >= 0.3 is 5.97 Å². The van der Waals surface area contributed by atoms with Crippen LogP contribution >= 0.6 is 0 Å². The number of esters is 1. The summed E-state index contributed by atoms with van der Waals surface area (Å²) in [5.74, 6) is 0.214. The maximum absolute atomic E-state index is 11.4. The lowest BCUT2D eigenvalue weighted by molar-refractivity contribution is -0.144. The van der Waals surface area contributed by atoms with Crippen LogP contribution in [0.15, 0.2) is 18.7 Å². The van der Waals surface area contributed by atoms with Crippen LogP contribution in [0.4, 0.5) is 5.82 Å². The predicted octanol–water partition coefficient (Wildman–Crippen LogP) is 0.370. The van der Waals surface area contributed by atoms with Crippen molar-refractivity contribution in [3.63, 3.8) is 0 Å². The second-order valence-corrected chi connectivity index (χ2v) is 4.12. The van der Waals surface area contributed by atoms with Gasteiger partial charge in [0.05, 0.1) is 13.0 Å². The van der Waals surface area contributed by atoms with Crippen LogP contribution in [0.3, 0.4) is 0 Å². The summed E-state index contributed by atoms with van der Waals surface area (Å²) in [5, 5.41) is 7.83. The van der Waals surface area contributed by atoms with E-state index in [-0.39, 0.29) is 11.9 Å². The first-order valence-corrected chi connectivity index (χ1v) is 5.56. The Morgan fingerprint density at radius 2 is 2.39 bits per heavy atom. The zero-order valence-electron chi connectivity index (χ0n) is 10.6. The number of methoxy groups -OCH3 is 1. The van der Waals surface area contributed by atoms with Crippen LogP contribution in [-0.4, -0.2) is 46.3 Å². The maximum atomic E-state index is 11.4. The summed E-state index contributed by atoms with van der Waals surface area (Å²) in [6, 6.07) is 0. The SMILES string of the molecule is COC(=O)C(C)CN(C)c1nccn2cnnc12. The van der Waals surface area contributed by atoms with Crippen LogP contribution in [0.1, 0.15) is 6.92 Å². The van der Waals surface area contributed by atoms with Crippen LogP contribution in [0.25, 0.3) is 5.65 Å². The fourth-order valence-corrected chi connectivity index (χ4v) is 1.79. The van der Waals surface area contributed by atoms with Gasteiger partial charge in [-0.3, -0.25) is 9.20 Å². The number of carbonyl (C=O) groups excluding carboxylic acids is 1. The van der Waals surface area contributed by atoms with Crippen molar-refractivity contribution in [3.8, 4) is 0 Å². The first-order chi connectivity index (χ1) is 8.63. The average molecular weight is 249 g/mol. The number of nitrogens with zero attached hydrogens (tertiary/aromatic N) is 5. The van der Waals surface area contributed by atoms with Crippen molar-refractivity contribution < 1.29 is 9.53 Å². The molecule has 7 heteroatoms. The second-order valence-electron chi connectivity index (χ2n) is 4.12. The minimum atomic E-state index is -0.240. The third-order valence-electron chi connectivity index (χ3n) is 2.71. The smallest absolute Gasteiger partial charge is 0.310 e. The lowest BCUT2D eigenvalue weighted by Gasteiger charge is -2.21. The summed E-state index contributed by atoms with van der Waals surface area (Å²) in [6.07, 6.45) is 5.06. The Balaban J connectivity index is 2.20. The van der Waals surface area contributed by atoms with E-state index in [0.29, 0.717) is 18.0 Å². The molecule has 2 aromatic heterocycles. The first kappa shape index (κ1) is 12.3. The fourth-order valence-electron chi connectivity index (χ4n) is 1.79. The minimum absolute atomic E-state index is 0.232. The number of hydrogen-bond acceptors (Lipinski definition) is 6. The first-order valence-electron chi connectivity index (χ1n) is 5.56. The van der Waals surface area contributed by atoms with Gasteiger partial charge < -0.3 is 9.64 Å². The Labute approximate surface area is 104 Å². The van der Waals surface area contributed by atoms with Gasteiger partial charge in [0.25, 0.3) is 0 Å². The standard InChI is InChI=1S/C11H15N5O2/c1-8(11(17)18-3)6-15(2)9-10-14-13-7-16(10)5-4-12-9/h4-5,7-8H,6H2,1-3H3. The molecule has 18 heavy (non-hydrogen) atoms. The Morgan fingerprint density at radius 1 is 1.61 bits per heavy atom. The van der Waals surface area contributed by atoms with Crippen molar-refractivity contribution >= 4 is 17.4 Å². The van der Waals surface area contributed by atoms with Gasteiger partial charge in [0.15, 0.2) is 5.82 Å². The Bertz CT molecular complexity index is 553. The normalized spacial score (nSPS) is 12.4. The van der Waals surface area contributed by atoms with Crippen molar-refractivity contribution in [1.29, 1.82) is 0 Å². The number of fused-ring (bicyclic) bond motifs is 1. The Morgan fingerprint density at radius 3 is 3.11 bits per heavy atom. The molecule has 0 N–H and O–H groups in total. The van der Waals surface area contributed by atoms with Gasteiger partial charge in [-0.2, -0.15) is 0 Å². The molecule has 2 aromatic rings. The molecular formula is C11H15N5O2. The molecule has 0 aliphatic carbocycles. The number of rotatable bonds is 4. The van der Waals surface area contributed by atoms with Crippen LogP contribution in [0.2, 0.25) is 0 Å². The molecule has 0 amide bonds. The van der Waals surface area contributed by atoms with E-state index in [1.54, 1.807) is 23.1 Å². The summed E-state index contributed by atoms with van der Waals surface area (Å²) in [4.78, 5) is 17.5. The van der Waals surface area contributed by atoms with E-state index in [1.807, 2.05) is 18.9 Å². The van der Waals surface area contributed by atoms with Crippen molar-refractivity contribution in [2.75, 3.05) is 25.6 Å². The van der Waals surface area contributed by atoms with Gasteiger partial charge in [-0.1, -0.05) is 6.92 Å². The molecule has 96 valence electrons. The van der Waals surface area contributed by atoms with Gasteiger partial charge in [0, 0.05) is 26.0 Å². The molecule has 1 unspecified atom stereocenters. The van der Waals surface area contributed by atoms with Crippen LogP contribution in [-0.2, 0) is 9.53 Å². The third-order valence-corrected chi connectivity index (χ3v) is 2.71. The maximum Gasteiger partial charge on any atom is 0.310 e. The summed E-state index contributed by atoms with van der Waals surface area (Å²) < 4.78 is 6.48. The zero-order chi connectivity index (χ0) is 13.1. The summed E-state index contributed by atoms with van der Waals surface area (Å²) in [7, 11) is 3.24. The number of hydrogen-bond donors (Lipinski definition) is 0. The molecule has 0 radical (unpaired) electrons. The summed E-state index contributed by atoms with van der Waals surface area (Å²) in [5.41, 5.74) is 0.664. The lowest BCUT2D eigenvalue weighted by Crippen LogP contribution is -2.30. The molecule has 0 aromatic carbocycles. The molecule has 7 nitrogen and oxygen atoms in total. The highest BCUT2D eigenvalue weighted by molar-refractivity contribution is 5.73. The minimum Gasteiger partial charge on any atom is -0.469 e. The molecule has 0 saturated carbocycles. The predicted molar refractivity (Wildman–Crippen MR) is 65.2 cm³/mol. The molecule has 1 atom stereocenters. The van der Waals surface area contributed by atoms with E-state index >= 15 is 0 Å². The second kappa shape index (κ2) is 4.99. The molecular weight excluding hydrogens is 234 g/mol. The van der Waals surface area contributed by atoms with Crippen LogP contribution in [0, 0.1) is 5.92 Å². The third kappa shape index (κ3) is 2.24. The zero-order valence-corrected chi connectivity index (χ0v) is 10.6. The highest BCUT2D eigenvalue weighted by Gasteiger charge is 2.18. The number of carbonyl (C=O) groups is 1. The van der Waals surface area contributed by atoms with Crippen molar-refractivity contribution in [1.82, 2.24) is 19.6 Å². The molecule has 0 fully saturated rings. The van der Waals surface area contributed by atoms with Crippen molar-refractivity contribution in [2.45, 2.75) is 6.92 Å². The van der Waals surface area contributed by atoms with Gasteiger partial charge in [0.2, 0.25) is 5.65 Å². The fraction of sp³-hybridized carbons (Fsp3) is 0.455. The van der Waals surface area contributed by atoms with Gasteiger partial charge in [-0.15, -0.1) is 10.2 Å². The van der Waals surface area contributed by atoms with Crippen LogP contribution < -0.4 is 4.90 Å². The van der Waals surface area contributed by atoms with Crippen molar-refractivity contribution in [3.05, 3.63) is 18.7 Å². The van der Waals surface area contributed by atoms with Gasteiger partial charge in [0.1, 0.15) is 6.33 Å². The number of anilines is 1. The Kier molecular flexibility index (Phi) is 3.40. The van der Waals surface area contributed by atoms with Gasteiger partial charge in [-0.05, 0) is 0 Å². The quantitative estimate of drug-likeness (QED) is 0.729. The largest absolute Gasteiger partial charge is 0.469 e. The lowest BCUT2D eigenvalue weighted by atomic mass is 10.2. The highest BCUT2D eigenvalue weighted by atomic mass is 16.5. The molecule has 0 spiro atoms. The molecule has 0 aliphatic heterocycles. The molecule has 2 rings (SSSR count). The molecule has 0 bridgehead atoms. The van der Waals surface area contributed by atoms with E-state index in [4.69, 9.17) is 4.74 Å². The average Bonchev–Trinajstić information content (AvgIpc) is 2.85. The number of ether oxygens (including phenoxy) is 1.